The van der Waals surface area contributed by atoms with E-state index in [0.717, 1.165) is 43.1 Å². The van der Waals surface area contributed by atoms with E-state index < -0.39 is 0 Å². The Balaban J connectivity index is 1.92. The lowest BCUT2D eigenvalue weighted by molar-refractivity contribution is -0.135. The predicted octanol–water partition coefficient (Wildman–Crippen LogP) is 3.83. The van der Waals surface area contributed by atoms with E-state index in [4.69, 9.17) is 14.2 Å². The molecule has 1 saturated heterocycles. The summed E-state index contributed by atoms with van der Waals surface area (Å²) >= 11 is 0. The first-order valence-corrected chi connectivity index (χ1v) is 9.42. The number of likely N-dealkylation sites (tertiary alicyclic amines) is 1. The molecule has 1 aromatic rings. The van der Waals surface area contributed by atoms with Gasteiger partial charge in [0.15, 0.2) is 11.5 Å². The first-order chi connectivity index (χ1) is 12.9. The molecule has 2 aliphatic rings. The largest absolute Gasteiger partial charge is 0.493 e. The van der Waals surface area contributed by atoms with E-state index in [1.807, 2.05) is 13.0 Å². The van der Waals surface area contributed by atoms with Crippen LogP contribution in [0, 0.1) is 0 Å². The number of esters is 1. The lowest BCUT2D eigenvalue weighted by atomic mass is 9.68. The van der Waals surface area contributed by atoms with Crippen LogP contribution in [0.25, 0.3) is 0 Å². The van der Waals surface area contributed by atoms with E-state index in [1.54, 1.807) is 27.2 Å². The molecule has 0 amide bonds. The van der Waals surface area contributed by atoms with Crippen molar-refractivity contribution in [3.05, 3.63) is 47.2 Å². The fourth-order valence-electron chi connectivity index (χ4n) is 4.28. The number of fused-ring (bicyclic) bond motifs is 1. The van der Waals surface area contributed by atoms with Crippen molar-refractivity contribution < 1.29 is 19.0 Å². The van der Waals surface area contributed by atoms with Crippen molar-refractivity contribution in [2.24, 2.45) is 0 Å². The zero-order chi connectivity index (χ0) is 19.6. The van der Waals surface area contributed by atoms with Gasteiger partial charge in [0.2, 0.25) is 0 Å². The highest BCUT2D eigenvalue weighted by Crippen LogP contribution is 2.49. The SMILES string of the molecule is C/C=C(\C)C(=O)OC1=CC[C@@]2(c3ccc(OC)c(OC)c3)CCN(C)[C@H]2C1. The molecule has 1 aliphatic carbocycles. The van der Waals surface area contributed by atoms with E-state index in [2.05, 4.69) is 30.2 Å². The maximum absolute atomic E-state index is 12.1. The number of nitrogens with zero attached hydrogens (tertiary/aromatic N) is 1. The third kappa shape index (κ3) is 3.48. The Labute approximate surface area is 161 Å². The highest BCUT2D eigenvalue weighted by Gasteiger charge is 2.49. The Hall–Kier alpha value is -2.27. The second kappa shape index (κ2) is 7.77. The molecule has 146 valence electrons. The van der Waals surface area contributed by atoms with E-state index in [9.17, 15) is 4.79 Å². The van der Waals surface area contributed by atoms with E-state index in [-0.39, 0.29) is 17.4 Å². The van der Waals surface area contributed by atoms with Crippen LogP contribution in [0.4, 0.5) is 0 Å². The summed E-state index contributed by atoms with van der Waals surface area (Å²) in [5, 5.41) is 0. The van der Waals surface area contributed by atoms with Gasteiger partial charge in [-0.25, -0.2) is 4.79 Å². The number of allylic oxidation sites excluding steroid dienone is 2. The van der Waals surface area contributed by atoms with Crippen LogP contribution in [-0.4, -0.2) is 44.7 Å². The summed E-state index contributed by atoms with van der Waals surface area (Å²) in [7, 11) is 5.47. The molecule has 1 aliphatic heterocycles. The number of carbonyl (C=O) groups is 1. The van der Waals surface area contributed by atoms with Gasteiger partial charge >= 0.3 is 5.97 Å². The molecule has 0 spiro atoms. The van der Waals surface area contributed by atoms with Crippen molar-refractivity contribution in [1.29, 1.82) is 0 Å². The number of rotatable bonds is 5. The van der Waals surface area contributed by atoms with Gasteiger partial charge in [-0.3, -0.25) is 0 Å². The quantitative estimate of drug-likeness (QED) is 0.581. The third-order valence-electron chi connectivity index (χ3n) is 6.11. The summed E-state index contributed by atoms with van der Waals surface area (Å²) in [5.41, 5.74) is 1.88. The van der Waals surface area contributed by atoms with Gasteiger partial charge in [-0.2, -0.15) is 0 Å². The Kier molecular flexibility index (Phi) is 5.61. The van der Waals surface area contributed by atoms with Gasteiger partial charge in [0.25, 0.3) is 0 Å². The van der Waals surface area contributed by atoms with Crippen LogP contribution in [0.15, 0.2) is 41.7 Å². The van der Waals surface area contributed by atoms with E-state index in [0.29, 0.717) is 5.57 Å². The Morgan fingerprint density at radius 3 is 2.67 bits per heavy atom. The molecule has 0 unspecified atom stereocenters. The normalized spacial score (nSPS) is 25.6. The van der Waals surface area contributed by atoms with Crippen LogP contribution in [0.2, 0.25) is 0 Å². The Bertz CT molecular complexity index is 783. The minimum atomic E-state index is -0.261. The number of hydrogen-bond donors (Lipinski definition) is 0. The van der Waals surface area contributed by atoms with Crippen LogP contribution in [0.1, 0.15) is 38.7 Å². The molecular formula is C22H29NO4. The Morgan fingerprint density at radius 2 is 2.00 bits per heavy atom. The van der Waals surface area contributed by atoms with Gasteiger partial charge in [0.05, 0.1) is 14.2 Å². The number of methoxy groups -OCH3 is 2. The molecule has 27 heavy (non-hydrogen) atoms. The first-order valence-electron chi connectivity index (χ1n) is 9.42. The van der Waals surface area contributed by atoms with Crippen LogP contribution >= 0.6 is 0 Å². The summed E-state index contributed by atoms with van der Waals surface area (Å²) in [6.45, 7) is 4.64. The monoisotopic (exact) mass is 371 g/mol. The predicted molar refractivity (Wildman–Crippen MR) is 105 cm³/mol. The molecule has 1 aromatic carbocycles. The van der Waals surface area contributed by atoms with E-state index >= 15 is 0 Å². The van der Waals surface area contributed by atoms with Gasteiger partial charge in [-0.15, -0.1) is 0 Å². The molecular weight excluding hydrogens is 342 g/mol. The first kappa shape index (κ1) is 19.5. The summed E-state index contributed by atoms with van der Waals surface area (Å²) in [5.74, 6) is 2.00. The topological polar surface area (TPSA) is 48.0 Å². The lowest BCUT2D eigenvalue weighted by Crippen LogP contribution is -2.43. The lowest BCUT2D eigenvalue weighted by Gasteiger charge is -2.40. The highest BCUT2D eigenvalue weighted by atomic mass is 16.5. The molecule has 5 nitrogen and oxygen atoms in total. The molecule has 1 fully saturated rings. The molecule has 0 bridgehead atoms. The van der Waals surface area contributed by atoms with Gasteiger partial charge in [0.1, 0.15) is 5.76 Å². The van der Waals surface area contributed by atoms with Crippen LogP contribution < -0.4 is 9.47 Å². The highest BCUT2D eigenvalue weighted by molar-refractivity contribution is 5.88. The van der Waals surface area contributed by atoms with Crippen molar-refractivity contribution >= 4 is 5.97 Å². The van der Waals surface area contributed by atoms with Gasteiger partial charge < -0.3 is 19.1 Å². The minimum absolute atomic E-state index is 0.000150. The molecule has 0 radical (unpaired) electrons. The van der Waals surface area contributed by atoms with Crippen LogP contribution in [0.5, 0.6) is 11.5 Å². The standard InChI is InChI=1S/C22H29NO4/c1-6-15(2)21(24)27-17-9-10-22(11-12-23(3)20(22)14-17)16-7-8-18(25-4)19(13-16)26-5/h6-9,13,20H,10-12,14H2,1-5H3/b15-6+/t20-,22-/m0/s1. The second-order valence-corrected chi connectivity index (χ2v) is 7.41. The molecule has 2 atom stereocenters. The van der Waals surface area contributed by atoms with Crippen molar-refractivity contribution in [2.75, 3.05) is 27.8 Å². The number of carbonyl (C=O) groups excluding carboxylic acids is 1. The second-order valence-electron chi connectivity index (χ2n) is 7.41. The van der Waals surface area contributed by atoms with Crippen molar-refractivity contribution in [2.45, 2.75) is 44.6 Å². The molecule has 1 heterocycles. The molecule has 0 saturated carbocycles. The van der Waals surface area contributed by atoms with Crippen LogP contribution in [0.3, 0.4) is 0 Å². The summed E-state index contributed by atoms with van der Waals surface area (Å²) < 4.78 is 16.6. The maximum atomic E-state index is 12.1. The summed E-state index contributed by atoms with van der Waals surface area (Å²) in [6, 6.07) is 6.50. The van der Waals surface area contributed by atoms with Crippen molar-refractivity contribution in [3.8, 4) is 11.5 Å². The van der Waals surface area contributed by atoms with Crippen molar-refractivity contribution in [1.82, 2.24) is 4.90 Å². The van der Waals surface area contributed by atoms with Crippen molar-refractivity contribution in [3.63, 3.8) is 0 Å². The van der Waals surface area contributed by atoms with Crippen LogP contribution in [-0.2, 0) is 14.9 Å². The Morgan fingerprint density at radius 1 is 1.26 bits per heavy atom. The smallest absolute Gasteiger partial charge is 0.338 e. The maximum Gasteiger partial charge on any atom is 0.338 e. The van der Waals surface area contributed by atoms with Gasteiger partial charge in [0, 0.05) is 23.5 Å². The molecule has 5 heteroatoms. The average molecular weight is 371 g/mol. The molecule has 0 aromatic heterocycles. The average Bonchev–Trinajstić information content (AvgIpc) is 3.04. The summed E-state index contributed by atoms with van der Waals surface area (Å²) in [6.07, 6.45) is 6.51. The molecule has 0 N–H and O–H groups in total. The number of benzene rings is 1. The zero-order valence-corrected chi connectivity index (χ0v) is 16.9. The number of hydrogen-bond acceptors (Lipinski definition) is 5. The van der Waals surface area contributed by atoms with E-state index in [1.165, 1.54) is 5.56 Å². The minimum Gasteiger partial charge on any atom is -0.493 e. The number of likely N-dealkylation sites (N-methyl/N-ethyl adjacent to an activating group) is 1. The van der Waals surface area contributed by atoms with Gasteiger partial charge in [-0.05, 0) is 64.1 Å². The number of ether oxygens (including phenoxy) is 3. The molecule has 3 rings (SSSR count). The third-order valence-corrected chi connectivity index (χ3v) is 6.11. The summed E-state index contributed by atoms with van der Waals surface area (Å²) in [4.78, 5) is 14.5. The fourth-order valence-corrected chi connectivity index (χ4v) is 4.28. The fraction of sp³-hybridized carbons (Fsp3) is 0.500. The van der Waals surface area contributed by atoms with Gasteiger partial charge in [-0.1, -0.05) is 12.1 Å². The zero-order valence-electron chi connectivity index (χ0n) is 16.9.